The Morgan fingerprint density at radius 1 is 1.38 bits per heavy atom. The Morgan fingerprint density at radius 2 is 2.19 bits per heavy atom. The molecular formula is C17H28N2O2. The molecular weight excluding hydrogens is 264 g/mol. The van der Waals surface area contributed by atoms with E-state index in [0.717, 1.165) is 31.7 Å². The normalized spacial score (nSPS) is 21.5. The van der Waals surface area contributed by atoms with E-state index in [2.05, 4.69) is 17.0 Å². The van der Waals surface area contributed by atoms with E-state index in [-0.39, 0.29) is 12.1 Å². The van der Waals surface area contributed by atoms with Gasteiger partial charge in [0.15, 0.2) is 0 Å². The summed E-state index contributed by atoms with van der Waals surface area (Å²) in [6.07, 6.45) is 2.81. The van der Waals surface area contributed by atoms with Crippen molar-refractivity contribution in [3.8, 4) is 5.75 Å². The molecule has 4 nitrogen and oxygen atoms in total. The summed E-state index contributed by atoms with van der Waals surface area (Å²) in [4.78, 5) is 2.44. The highest BCUT2D eigenvalue weighted by molar-refractivity contribution is 5.31. The van der Waals surface area contributed by atoms with Crippen LogP contribution < -0.4 is 10.5 Å². The van der Waals surface area contributed by atoms with Crippen molar-refractivity contribution in [1.29, 1.82) is 0 Å². The number of nitrogens with two attached hydrogens (primary N) is 1. The Bertz CT molecular complexity index is 437. The zero-order valence-corrected chi connectivity index (χ0v) is 13.4. The molecule has 118 valence electrons. The summed E-state index contributed by atoms with van der Waals surface area (Å²) in [5.74, 6) is 0.918. The number of hydrogen-bond donors (Lipinski definition) is 1. The fraction of sp³-hybridized carbons (Fsp3) is 0.647. The van der Waals surface area contributed by atoms with Gasteiger partial charge in [-0.15, -0.1) is 0 Å². The minimum Gasteiger partial charge on any atom is -0.491 e. The molecule has 0 spiro atoms. The fourth-order valence-corrected chi connectivity index (χ4v) is 3.00. The second-order valence-corrected chi connectivity index (χ2v) is 5.99. The largest absolute Gasteiger partial charge is 0.491 e. The SMILES string of the molecule is COC1CCCN(C(CN)c2cccc(OC(C)C)c2)C1. The molecule has 2 unspecified atom stereocenters. The van der Waals surface area contributed by atoms with Crippen LogP contribution in [0.1, 0.15) is 38.3 Å². The highest BCUT2D eigenvalue weighted by Crippen LogP contribution is 2.27. The molecule has 4 heteroatoms. The summed E-state index contributed by atoms with van der Waals surface area (Å²) in [5.41, 5.74) is 7.28. The topological polar surface area (TPSA) is 47.7 Å². The second-order valence-electron chi connectivity index (χ2n) is 5.99. The van der Waals surface area contributed by atoms with Crippen LogP contribution in [0.2, 0.25) is 0 Å². The molecule has 0 aromatic heterocycles. The minimum absolute atomic E-state index is 0.185. The standard InChI is InChI=1S/C17H28N2O2/c1-13(2)21-15-7-4-6-14(10-15)17(11-18)19-9-5-8-16(12-19)20-3/h4,6-7,10,13,16-17H,5,8-9,11-12,18H2,1-3H3. The maximum Gasteiger partial charge on any atom is 0.120 e. The van der Waals surface area contributed by atoms with Gasteiger partial charge in [-0.3, -0.25) is 4.90 Å². The number of hydrogen-bond acceptors (Lipinski definition) is 4. The highest BCUT2D eigenvalue weighted by atomic mass is 16.5. The highest BCUT2D eigenvalue weighted by Gasteiger charge is 2.26. The van der Waals surface area contributed by atoms with E-state index in [1.807, 2.05) is 26.0 Å². The lowest BCUT2D eigenvalue weighted by Gasteiger charge is -2.37. The van der Waals surface area contributed by atoms with E-state index >= 15 is 0 Å². The number of rotatable bonds is 6. The Hall–Kier alpha value is -1.10. The van der Waals surface area contributed by atoms with Crippen molar-refractivity contribution in [3.63, 3.8) is 0 Å². The van der Waals surface area contributed by atoms with E-state index in [1.54, 1.807) is 7.11 Å². The zero-order valence-electron chi connectivity index (χ0n) is 13.4. The molecule has 0 saturated carbocycles. The molecule has 2 atom stereocenters. The number of methoxy groups -OCH3 is 1. The monoisotopic (exact) mass is 292 g/mol. The van der Waals surface area contributed by atoms with Crippen molar-refractivity contribution in [2.24, 2.45) is 5.73 Å². The number of ether oxygens (including phenoxy) is 2. The van der Waals surface area contributed by atoms with Crippen LogP contribution in [0.5, 0.6) is 5.75 Å². The molecule has 0 bridgehead atoms. The van der Waals surface area contributed by atoms with Crippen molar-refractivity contribution in [2.45, 2.75) is 44.9 Å². The lowest BCUT2D eigenvalue weighted by Crippen LogP contribution is -2.43. The Kier molecular flexibility index (Phi) is 6.03. The lowest BCUT2D eigenvalue weighted by atomic mass is 10.0. The van der Waals surface area contributed by atoms with E-state index in [4.69, 9.17) is 15.2 Å². The van der Waals surface area contributed by atoms with Gasteiger partial charge in [0.05, 0.1) is 12.2 Å². The van der Waals surface area contributed by atoms with Crippen LogP contribution in [-0.2, 0) is 4.74 Å². The van der Waals surface area contributed by atoms with Gasteiger partial charge in [0.25, 0.3) is 0 Å². The van der Waals surface area contributed by atoms with Crippen LogP contribution in [0.4, 0.5) is 0 Å². The lowest BCUT2D eigenvalue weighted by molar-refractivity contribution is 0.0154. The van der Waals surface area contributed by atoms with Crippen LogP contribution in [-0.4, -0.2) is 43.9 Å². The van der Waals surface area contributed by atoms with Crippen molar-refractivity contribution in [2.75, 3.05) is 26.7 Å². The molecule has 1 aliphatic rings. The van der Waals surface area contributed by atoms with E-state index < -0.39 is 0 Å². The van der Waals surface area contributed by atoms with E-state index in [1.165, 1.54) is 5.56 Å². The molecule has 1 heterocycles. The van der Waals surface area contributed by atoms with Gasteiger partial charge in [-0.2, -0.15) is 0 Å². The van der Waals surface area contributed by atoms with Crippen molar-refractivity contribution in [1.82, 2.24) is 4.90 Å². The van der Waals surface area contributed by atoms with Crippen molar-refractivity contribution in [3.05, 3.63) is 29.8 Å². The Labute approximate surface area is 128 Å². The van der Waals surface area contributed by atoms with Gasteiger partial charge in [-0.05, 0) is 50.9 Å². The van der Waals surface area contributed by atoms with E-state index in [9.17, 15) is 0 Å². The summed E-state index contributed by atoms with van der Waals surface area (Å²) < 4.78 is 11.3. The average Bonchev–Trinajstić information content (AvgIpc) is 2.48. The van der Waals surface area contributed by atoms with Gasteiger partial charge in [0.1, 0.15) is 5.75 Å². The number of benzene rings is 1. The molecule has 1 aliphatic heterocycles. The molecule has 1 aromatic rings. The first-order valence-corrected chi connectivity index (χ1v) is 7.87. The summed E-state index contributed by atoms with van der Waals surface area (Å²) in [5, 5.41) is 0. The quantitative estimate of drug-likeness (QED) is 0.875. The molecule has 2 N–H and O–H groups in total. The van der Waals surface area contributed by atoms with Crippen LogP contribution in [0.15, 0.2) is 24.3 Å². The van der Waals surface area contributed by atoms with Crippen LogP contribution >= 0.6 is 0 Å². The smallest absolute Gasteiger partial charge is 0.120 e. The number of nitrogens with zero attached hydrogens (tertiary/aromatic N) is 1. The van der Waals surface area contributed by atoms with Gasteiger partial charge in [0, 0.05) is 26.2 Å². The van der Waals surface area contributed by atoms with Crippen molar-refractivity contribution >= 4 is 0 Å². The fourth-order valence-electron chi connectivity index (χ4n) is 3.00. The molecule has 0 aliphatic carbocycles. The minimum atomic E-state index is 0.185. The molecule has 1 fully saturated rings. The third kappa shape index (κ3) is 4.43. The summed E-state index contributed by atoms with van der Waals surface area (Å²) >= 11 is 0. The van der Waals surface area contributed by atoms with Crippen molar-refractivity contribution < 1.29 is 9.47 Å². The molecule has 1 saturated heterocycles. The maximum absolute atomic E-state index is 6.05. The van der Waals surface area contributed by atoms with Crippen LogP contribution in [0.25, 0.3) is 0 Å². The summed E-state index contributed by atoms with van der Waals surface area (Å²) in [6.45, 7) is 6.73. The van der Waals surface area contributed by atoms with E-state index in [0.29, 0.717) is 12.6 Å². The van der Waals surface area contributed by atoms with Gasteiger partial charge in [-0.25, -0.2) is 0 Å². The first-order valence-electron chi connectivity index (χ1n) is 7.87. The van der Waals surface area contributed by atoms with Gasteiger partial charge >= 0.3 is 0 Å². The molecule has 1 aromatic carbocycles. The number of likely N-dealkylation sites (tertiary alicyclic amines) is 1. The summed E-state index contributed by atoms with van der Waals surface area (Å²) in [6, 6.07) is 8.55. The maximum atomic E-state index is 6.05. The Balaban J connectivity index is 2.12. The molecule has 2 rings (SSSR count). The van der Waals surface area contributed by atoms with Gasteiger partial charge in [-0.1, -0.05) is 12.1 Å². The molecule has 0 amide bonds. The van der Waals surface area contributed by atoms with Crippen LogP contribution in [0.3, 0.4) is 0 Å². The predicted molar refractivity (Wildman–Crippen MR) is 85.6 cm³/mol. The average molecular weight is 292 g/mol. The third-order valence-electron chi connectivity index (χ3n) is 4.02. The van der Waals surface area contributed by atoms with Crippen LogP contribution in [0, 0.1) is 0 Å². The first kappa shape index (κ1) is 16.3. The second kappa shape index (κ2) is 7.78. The van der Waals surface area contributed by atoms with Gasteiger partial charge < -0.3 is 15.2 Å². The Morgan fingerprint density at radius 3 is 2.86 bits per heavy atom. The van der Waals surface area contributed by atoms with Gasteiger partial charge in [0.2, 0.25) is 0 Å². The summed E-state index contributed by atoms with van der Waals surface area (Å²) in [7, 11) is 1.79. The predicted octanol–water partition coefficient (Wildman–Crippen LogP) is 2.58. The third-order valence-corrected chi connectivity index (χ3v) is 4.02. The zero-order chi connectivity index (χ0) is 15.2. The molecule has 21 heavy (non-hydrogen) atoms. The molecule has 0 radical (unpaired) electrons. The first-order chi connectivity index (χ1) is 10.1. The number of piperidine rings is 1.